The topological polar surface area (TPSA) is 37.3 Å². The first-order valence-electron chi connectivity index (χ1n) is 7.44. The second kappa shape index (κ2) is 22.8. The monoisotopic (exact) mass is 313 g/mol. The van der Waals surface area contributed by atoms with Crippen LogP contribution in [0.25, 0.3) is 0 Å². The third-order valence-electron chi connectivity index (χ3n) is 2.72. The summed E-state index contributed by atoms with van der Waals surface area (Å²) in [7, 11) is 0. The van der Waals surface area contributed by atoms with Crippen LogP contribution in [0.4, 0.5) is 0 Å². The van der Waals surface area contributed by atoms with Crippen LogP contribution in [0.5, 0.6) is 0 Å². The smallest absolute Gasteiger partial charge is 0.303 e. The average molecular weight is 314 g/mol. The third kappa shape index (κ3) is 31.9. The maximum atomic E-state index is 10.0. The Hall–Kier alpha value is -0.296. The summed E-state index contributed by atoms with van der Waals surface area (Å²) in [5.74, 6) is -0.670. The SMILES string of the molecule is CCCCCCCC(=O)O.[CH-]=CCCCCCC.[Ni]. The number of hydrogen-bond donors (Lipinski definition) is 1. The number of rotatable bonds is 11. The molecular formula is C16H31NiO2-. The molecule has 0 aliphatic carbocycles. The molecule has 0 saturated heterocycles. The van der Waals surface area contributed by atoms with Crippen LogP contribution in [0.1, 0.15) is 84.5 Å². The molecular weight excluding hydrogens is 283 g/mol. The first kappa shape index (κ1) is 23.8. The molecule has 0 amide bonds. The average Bonchev–Trinajstić information content (AvgIpc) is 2.35. The van der Waals surface area contributed by atoms with Gasteiger partial charge in [0.15, 0.2) is 0 Å². The molecule has 0 saturated carbocycles. The van der Waals surface area contributed by atoms with Crippen molar-refractivity contribution in [2.24, 2.45) is 0 Å². The minimum Gasteiger partial charge on any atom is -0.518 e. The van der Waals surface area contributed by atoms with Crippen LogP contribution in [0.2, 0.25) is 0 Å². The van der Waals surface area contributed by atoms with Crippen molar-refractivity contribution in [3.63, 3.8) is 0 Å². The Morgan fingerprint density at radius 1 is 0.947 bits per heavy atom. The first-order valence-corrected chi connectivity index (χ1v) is 7.44. The van der Waals surface area contributed by atoms with Crippen LogP contribution < -0.4 is 0 Å². The van der Waals surface area contributed by atoms with Crippen molar-refractivity contribution in [3.8, 4) is 0 Å². The molecule has 0 atom stereocenters. The summed E-state index contributed by atoms with van der Waals surface area (Å²) in [6.45, 7) is 9.55. The van der Waals surface area contributed by atoms with E-state index in [9.17, 15) is 4.79 Å². The molecule has 3 heteroatoms. The molecule has 118 valence electrons. The van der Waals surface area contributed by atoms with E-state index in [1.165, 1.54) is 44.9 Å². The number of unbranched alkanes of at least 4 members (excludes halogenated alkanes) is 8. The van der Waals surface area contributed by atoms with Crippen molar-refractivity contribution in [2.75, 3.05) is 0 Å². The van der Waals surface area contributed by atoms with Gasteiger partial charge in [0.2, 0.25) is 0 Å². The van der Waals surface area contributed by atoms with Crippen molar-refractivity contribution in [1.82, 2.24) is 0 Å². The normalized spacial score (nSPS) is 8.95. The number of carboxylic acids is 1. The summed E-state index contributed by atoms with van der Waals surface area (Å²) in [4.78, 5) is 10.0. The molecule has 1 N–H and O–H groups in total. The summed E-state index contributed by atoms with van der Waals surface area (Å²) in [6, 6.07) is 0. The molecule has 0 heterocycles. The summed E-state index contributed by atoms with van der Waals surface area (Å²) in [6.07, 6.45) is 14.0. The molecule has 19 heavy (non-hydrogen) atoms. The fourth-order valence-electron chi connectivity index (χ4n) is 1.57. The molecule has 0 aliphatic heterocycles. The first-order chi connectivity index (χ1) is 8.68. The van der Waals surface area contributed by atoms with Gasteiger partial charge in [0, 0.05) is 22.9 Å². The zero-order valence-electron chi connectivity index (χ0n) is 12.6. The van der Waals surface area contributed by atoms with Gasteiger partial charge in [-0.3, -0.25) is 10.9 Å². The molecule has 0 rings (SSSR count). The van der Waals surface area contributed by atoms with Crippen LogP contribution in [-0.4, -0.2) is 11.1 Å². The van der Waals surface area contributed by atoms with Crippen LogP contribution in [0, 0.1) is 6.58 Å². The fraction of sp³-hybridized carbons (Fsp3) is 0.812. The van der Waals surface area contributed by atoms with Crippen molar-refractivity contribution >= 4 is 5.97 Å². The van der Waals surface area contributed by atoms with Gasteiger partial charge in [-0.1, -0.05) is 71.6 Å². The van der Waals surface area contributed by atoms with E-state index in [0.29, 0.717) is 6.42 Å². The number of carbonyl (C=O) groups is 1. The quantitative estimate of drug-likeness (QED) is 0.316. The molecule has 0 spiro atoms. The minimum absolute atomic E-state index is 0. The molecule has 2 nitrogen and oxygen atoms in total. The Balaban J connectivity index is -0.000000262. The Labute approximate surface area is 130 Å². The summed E-state index contributed by atoms with van der Waals surface area (Å²) >= 11 is 0. The molecule has 0 radical (unpaired) electrons. The van der Waals surface area contributed by atoms with E-state index in [2.05, 4.69) is 13.8 Å². The maximum absolute atomic E-state index is 10.0. The second-order valence-corrected chi connectivity index (χ2v) is 4.64. The van der Waals surface area contributed by atoms with Gasteiger partial charge < -0.3 is 11.7 Å². The standard InChI is InChI=1S/C8H16O2.C8H15.Ni/c1-2-3-4-5-6-7-8(9)10;1-3-5-7-8-6-4-2;/h2-7H2,1H3,(H,9,10);1,3H,4-8H2,2H3;/q;-1;. The van der Waals surface area contributed by atoms with E-state index in [-0.39, 0.29) is 16.5 Å². The van der Waals surface area contributed by atoms with Crippen molar-refractivity contribution in [1.29, 1.82) is 0 Å². The number of carboxylic acid groups (broad SMARTS) is 1. The van der Waals surface area contributed by atoms with Crippen LogP contribution in [0.15, 0.2) is 6.08 Å². The van der Waals surface area contributed by atoms with Gasteiger partial charge in [-0.25, -0.2) is 0 Å². The maximum Gasteiger partial charge on any atom is 0.303 e. The summed E-state index contributed by atoms with van der Waals surface area (Å²) in [5, 5.41) is 8.27. The van der Waals surface area contributed by atoms with Gasteiger partial charge in [0.1, 0.15) is 0 Å². The van der Waals surface area contributed by atoms with Crippen molar-refractivity contribution in [3.05, 3.63) is 12.7 Å². The van der Waals surface area contributed by atoms with Gasteiger partial charge in [-0.05, 0) is 6.42 Å². The number of hydrogen-bond acceptors (Lipinski definition) is 1. The summed E-state index contributed by atoms with van der Waals surface area (Å²) in [5.41, 5.74) is 0. The van der Waals surface area contributed by atoms with E-state index in [0.717, 1.165) is 19.3 Å². The summed E-state index contributed by atoms with van der Waals surface area (Å²) < 4.78 is 0. The van der Waals surface area contributed by atoms with Crippen LogP contribution >= 0.6 is 0 Å². The number of allylic oxidation sites excluding steroid dienone is 1. The zero-order chi connectivity index (χ0) is 14.1. The molecule has 0 aromatic carbocycles. The fourth-order valence-corrected chi connectivity index (χ4v) is 1.57. The largest absolute Gasteiger partial charge is 0.518 e. The third-order valence-corrected chi connectivity index (χ3v) is 2.72. The predicted octanol–water partition coefficient (Wildman–Crippen LogP) is 5.37. The van der Waals surface area contributed by atoms with E-state index in [1.54, 1.807) is 6.08 Å². The van der Waals surface area contributed by atoms with E-state index < -0.39 is 5.97 Å². The molecule has 0 aromatic heterocycles. The van der Waals surface area contributed by atoms with Crippen molar-refractivity contribution in [2.45, 2.75) is 84.5 Å². The minimum atomic E-state index is -0.670. The van der Waals surface area contributed by atoms with Gasteiger partial charge in [-0.2, -0.15) is 0 Å². The Morgan fingerprint density at radius 2 is 1.42 bits per heavy atom. The van der Waals surface area contributed by atoms with E-state index >= 15 is 0 Å². The molecule has 0 bridgehead atoms. The Kier molecular flexibility index (Phi) is 28.6. The van der Waals surface area contributed by atoms with Gasteiger partial charge in [0.25, 0.3) is 0 Å². The Morgan fingerprint density at radius 3 is 1.84 bits per heavy atom. The van der Waals surface area contributed by atoms with E-state index in [4.69, 9.17) is 11.7 Å². The van der Waals surface area contributed by atoms with Crippen molar-refractivity contribution < 1.29 is 26.4 Å². The van der Waals surface area contributed by atoms with E-state index in [1.807, 2.05) is 0 Å². The van der Waals surface area contributed by atoms with Gasteiger partial charge in [-0.15, -0.1) is 0 Å². The second-order valence-electron chi connectivity index (χ2n) is 4.64. The van der Waals surface area contributed by atoms with Gasteiger partial charge in [0.05, 0.1) is 0 Å². The van der Waals surface area contributed by atoms with Gasteiger partial charge >= 0.3 is 5.97 Å². The van der Waals surface area contributed by atoms with Crippen LogP contribution in [0.3, 0.4) is 0 Å². The predicted molar refractivity (Wildman–Crippen MR) is 78.6 cm³/mol. The van der Waals surface area contributed by atoms with Crippen LogP contribution in [-0.2, 0) is 21.3 Å². The molecule has 0 aromatic rings. The zero-order valence-corrected chi connectivity index (χ0v) is 13.6. The molecule has 0 fully saturated rings. The molecule has 0 unspecified atom stereocenters. The Bertz CT molecular complexity index is 182. The number of aliphatic carboxylic acids is 1. The molecule has 0 aliphatic rings.